The van der Waals surface area contributed by atoms with Crippen LogP contribution in [0.15, 0.2) is 47.4 Å². The molecule has 35 heavy (non-hydrogen) atoms. The van der Waals surface area contributed by atoms with Gasteiger partial charge in [-0.15, -0.1) is 5.10 Å². The van der Waals surface area contributed by atoms with Gasteiger partial charge >= 0.3 is 5.69 Å². The summed E-state index contributed by atoms with van der Waals surface area (Å²) < 4.78 is 8.15. The molecule has 0 N–H and O–H groups in total. The summed E-state index contributed by atoms with van der Waals surface area (Å²) in [7, 11) is 0. The summed E-state index contributed by atoms with van der Waals surface area (Å²) in [6.45, 7) is 9.58. The van der Waals surface area contributed by atoms with E-state index in [9.17, 15) is 9.59 Å². The van der Waals surface area contributed by atoms with E-state index in [2.05, 4.69) is 21.9 Å². The molecule has 2 aromatic heterocycles. The number of halogens is 1. The molecule has 0 bridgehead atoms. The standard InChI is InChI=1S/C26H32ClN5O3/c1-18(2)13-23(33)16-25-29-32(26(34)31(25)22-6-4-5-21(27)15-22)24-8-7-20(17-28-24)14-19(3)30-9-11-35-12-10-30/h4-8,15,17-19H,9-14,16H2,1-3H3. The molecule has 1 saturated heterocycles. The minimum atomic E-state index is -0.387. The first kappa shape index (κ1) is 25.3. The van der Waals surface area contributed by atoms with E-state index >= 15 is 0 Å². The van der Waals surface area contributed by atoms with Crippen LogP contribution in [-0.2, 0) is 22.4 Å². The van der Waals surface area contributed by atoms with Crippen LogP contribution in [0, 0.1) is 5.92 Å². The van der Waals surface area contributed by atoms with Gasteiger partial charge in [-0.1, -0.05) is 37.6 Å². The predicted octanol–water partition coefficient (Wildman–Crippen LogP) is 3.49. The largest absolute Gasteiger partial charge is 0.379 e. The van der Waals surface area contributed by atoms with Gasteiger partial charge in [-0.3, -0.25) is 9.69 Å². The zero-order valence-corrected chi connectivity index (χ0v) is 21.2. The van der Waals surface area contributed by atoms with Crippen molar-refractivity contribution < 1.29 is 9.53 Å². The third-order valence-electron chi connectivity index (χ3n) is 6.13. The lowest BCUT2D eigenvalue weighted by Crippen LogP contribution is -2.43. The SMILES string of the molecule is CC(C)CC(=O)Cc1nn(-c2ccc(CC(C)N3CCOCC3)cn2)c(=O)n1-c1cccc(Cl)c1. The van der Waals surface area contributed by atoms with Crippen LogP contribution in [0.4, 0.5) is 0 Å². The van der Waals surface area contributed by atoms with Crippen molar-refractivity contribution in [2.24, 2.45) is 5.92 Å². The van der Waals surface area contributed by atoms with E-state index in [1.54, 1.807) is 36.5 Å². The van der Waals surface area contributed by atoms with Crippen molar-refractivity contribution >= 4 is 17.4 Å². The van der Waals surface area contributed by atoms with E-state index in [0.29, 0.717) is 34.8 Å². The molecule has 3 aromatic rings. The van der Waals surface area contributed by atoms with Crippen LogP contribution >= 0.6 is 11.6 Å². The smallest absolute Gasteiger partial charge is 0.356 e. The average molecular weight is 498 g/mol. The number of ketones is 1. The highest BCUT2D eigenvalue weighted by atomic mass is 35.5. The maximum absolute atomic E-state index is 13.4. The van der Waals surface area contributed by atoms with Gasteiger partial charge in [0.15, 0.2) is 5.82 Å². The Balaban J connectivity index is 1.62. The van der Waals surface area contributed by atoms with Crippen molar-refractivity contribution in [1.82, 2.24) is 24.2 Å². The van der Waals surface area contributed by atoms with Crippen LogP contribution in [0.2, 0.25) is 5.02 Å². The highest BCUT2D eigenvalue weighted by molar-refractivity contribution is 6.30. The number of Topliss-reactive ketones (excluding diaryl/α,β-unsaturated/α-hetero) is 1. The van der Waals surface area contributed by atoms with E-state index in [0.717, 1.165) is 38.3 Å². The number of morpholine rings is 1. The molecule has 1 aliphatic heterocycles. The Kier molecular flexibility index (Phi) is 8.15. The topological polar surface area (TPSA) is 82.2 Å². The van der Waals surface area contributed by atoms with Crippen molar-refractivity contribution in [2.45, 2.75) is 46.1 Å². The molecule has 4 rings (SSSR count). The fourth-order valence-electron chi connectivity index (χ4n) is 4.40. The van der Waals surface area contributed by atoms with Crippen LogP contribution in [0.5, 0.6) is 0 Å². The molecule has 0 amide bonds. The first-order chi connectivity index (χ1) is 16.8. The Labute approximate surface area is 210 Å². The molecule has 1 aromatic carbocycles. The number of pyridine rings is 1. The number of ether oxygens (including phenoxy) is 1. The van der Waals surface area contributed by atoms with Crippen LogP contribution in [-0.4, -0.2) is 62.4 Å². The first-order valence-electron chi connectivity index (χ1n) is 12.1. The van der Waals surface area contributed by atoms with Crippen molar-refractivity contribution in [3.05, 3.63) is 69.5 Å². The minimum absolute atomic E-state index is 0.0286. The summed E-state index contributed by atoms with van der Waals surface area (Å²) in [5.41, 5.74) is 1.26. The predicted molar refractivity (Wildman–Crippen MR) is 136 cm³/mol. The molecule has 1 fully saturated rings. The van der Waals surface area contributed by atoms with Crippen molar-refractivity contribution in [3.8, 4) is 11.5 Å². The highest BCUT2D eigenvalue weighted by Crippen LogP contribution is 2.17. The molecule has 1 unspecified atom stereocenters. The summed E-state index contributed by atoms with van der Waals surface area (Å²) in [5, 5.41) is 5.01. The lowest BCUT2D eigenvalue weighted by molar-refractivity contribution is -0.119. The zero-order valence-electron chi connectivity index (χ0n) is 20.5. The third kappa shape index (κ3) is 6.25. The number of aromatic nitrogens is 4. The number of carbonyl (C=O) groups excluding carboxylic acids is 1. The maximum atomic E-state index is 13.4. The van der Waals surface area contributed by atoms with Crippen LogP contribution < -0.4 is 5.69 Å². The number of rotatable bonds is 9. The van der Waals surface area contributed by atoms with E-state index in [1.165, 1.54) is 9.25 Å². The maximum Gasteiger partial charge on any atom is 0.356 e. The summed E-state index contributed by atoms with van der Waals surface area (Å²) in [4.78, 5) is 33.0. The fraction of sp³-hybridized carbons (Fsp3) is 0.462. The highest BCUT2D eigenvalue weighted by Gasteiger charge is 2.21. The quantitative estimate of drug-likeness (QED) is 0.450. The molecular weight excluding hydrogens is 466 g/mol. The van der Waals surface area contributed by atoms with Gasteiger partial charge in [-0.05, 0) is 49.1 Å². The van der Waals surface area contributed by atoms with E-state index in [1.807, 2.05) is 19.9 Å². The summed E-state index contributed by atoms with van der Waals surface area (Å²) in [5.74, 6) is 1.04. The van der Waals surface area contributed by atoms with Gasteiger partial charge < -0.3 is 4.74 Å². The average Bonchev–Trinajstić information content (AvgIpc) is 3.15. The molecule has 0 spiro atoms. The van der Waals surface area contributed by atoms with Gasteiger partial charge in [0.25, 0.3) is 0 Å². The molecule has 0 saturated carbocycles. The third-order valence-corrected chi connectivity index (χ3v) is 6.36. The molecule has 1 aliphatic rings. The van der Waals surface area contributed by atoms with Crippen LogP contribution in [0.1, 0.15) is 38.6 Å². The Morgan fingerprint density at radius 2 is 1.91 bits per heavy atom. The Hall–Kier alpha value is -2.81. The molecule has 3 heterocycles. The van der Waals surface area contributed by atoms with Gasteiger partial charge in [0.1, 0.15) is 11.6 Å². The Bertz CT molecular complexity index is 1210. The van der Waals surface area contributed by atoms with Crippen molar-refractivity contribution in [1.29, 1.82) is 0 Å². The normalized spacial score (nSPS) is 15.5. The van der Waals surface area contributed by atoms with Gasteiger partial charge in [-0.2, -0.15) is 4.68 Å². The van der Waals surface area contributed by atoms with Gasteiger partial charge in [-0.25, -0.2) is 14.3 Å². The number of benzene rings is 1. The fourth-order valence-corrected chi connectivity index (χ4v) is 4.59. The van der Waals surface area contributed by atoms with E-state index in [4.69, 9.17) is 16.3 Å². The second-order valence-corrected chi connectivity index (χ2v) is 9.90. The Morgan fingerprint density at radius 3 is 2.57 bits per heavy atom. The molecule has 186 valence electrons. The van der Waals surface area contributed by atoms with Crippen LogP contribution in [0.3, 0.4) is 0 Å². The number of hydrogen-bond acceptors (Lipinski definition) is 6. The van der Waals surface area contributed by atoms with E-state index < -0.39 is 0 Å². The lowest BCUT2D eigenvalue weighted by Gasteiger charge is -2.32. The molecule has 8 nitrogen and oxygen atoms in total. The van der Waals surface area contributed by atoms with Crippen LogP contribution in [0.25, 0.3) is 11.5 Å². The molecule has 0 radical (unpaired) electrons. The number of carbonyl (C=O) groups is 1. The summed E-state index contributed by atoms with van der Waals surface area (Å²) >= 11 is 6.18. The number of hydrogen-bond donors (Lipinski definition) is 0. The summed E-state index contributed by atoms with van der Waals surface area (Å²) in [6.07, 6.45) is 3.13. The summed E-state index contributed by atoms with van der Waals surface area (Å²) in [6, 6.07) is 11.1. The van der Waals surface area contributed by atoms with Crippen molar-refractivity contribution in [3.63, 3.8) is 0 Å². The Morgan fingerprint density at radius 1 is 1.14 bits per heavy atom. The van der Waals surface area contributed by atoms with E-state index in [-0.39, 0.29) is 23.8 Å². The van der Waals surface area contributed by atoms with Gasteiger partial charge in [0.05, 0.1) is 25.3 Å². The van der Waals surface area contributed by atoms with Gasteiger partial charge in [0, 0.05) is 36.8 Å². The second kappa shape index (κ2) is 11.3. The second-order valence-electron chi connectivity index (χ2n) is 9.47. The monoisotopic (exact) mass is 497 g/mol. The molecule has 9 heteroatoms. The van der Waals surface area contributed by atoms with Gasteiger partial charge in [0.2, 0.25) is 0 Å². The minimum Gasteiger partial charge on any atom is -0.379 e. The zero-order chi connectivity index (χ0) is 24.9. The van der Waals surface area contributed by atoms with Crippen molar-refractivity contribution in [2.75, 3.05) is 26.3 Å². The number of nitrogens with zero attached hydrogens (tertiary/aromatic N) is 5. The molecular formula is C26H32ClN5O3. The first-order valence-corrected chi connectivity index (χ1v) is 12.5. The lowest BCUT2D eigenvalue weighted by atomic mass is 10.1. The molecule has 0 aliphatic carbocycles. The molecule has 1 atom stereocenters.